The first-order valence-corrected chi connectivity index (χ1v) is 9.10. The van der Waals surface area contributed by atoms with Crippen molar-refractivity contribution in [2.75, 3.05) is 49.6 Å². The second kappa shape index (κ2) is 8.29. The van der Waals surface area contributed by atoms with E-state index < -0.39 is 5.92 Å². The van der Waals surface area contributed by atoms with Crippen molar-refractivity contribution in [2.45, 2.75) is 26.2 Å². The van der Waals surface area contributed by atoms with Crippen LogP contribution in [0.1, 0.15) is 36.7 Å². The van der Waals surface area contributed by atoms with Crippen molar-refractivity contribution in [3.05, 3.63) is 17.8 Å². The molecule has 1 fully saturated rings. The number of ketones is 1. The first kappa shape index (κ1) is 17.7. The van der Waals surface area contributed by atoms with Gasteiger partial charge in [0.15, 0.2) is 5.78 Å². The number of rotatable bonds is 6. The molecule has 3 rings (SSSR count). The molecule has 2 N–H and O–H groups in total. The third-order valence-electron chi connectivity index (χ3n) is 4.66. The number of aromatic nitrogens is 1. The molecule has 1 unspecified atom stereocenters. The molecule has 1 aromatic rings. The van der Waals surface area contributed by atoms with Gasteiger partial charge in [0.25, 0.3) is 0 Å². The van der Waals surface area contributed by atoms with E-state index in [1.807, 2.05) is 12.1 Å². The van der Waals surface area contributed by atoms with E-state index in [0.29, 0.717) is 37.7 Å². The number of nitrogens with one attached hydrogen (secondary N) is 2. The lowest BCUT2D eigenvalue weighted by Crippen LogP contribution is -2.43. The summed E-state index contributed by atoms with van der Waals surface area (Å²) >= 11 is 0. The number of pyridine rings is 1. The minimum Gasteiger partial charge on any atom is -0.382 e. The molecule has 0 bridgehead atoms. The van der Waals surface area contributed by atoms with E-state index in [1.54, 1.807) is 0 Å². The van der Waals surface area contributed by atoms with E-state index in [0.717, 1.165) is 38.2 Å². The van der Waals surface area contributed by atoms with Gasteiger partial charge in [0, 0.05) is 26.2 Å². The van der Waals surface area contributed by atoms with Crippen molar-refractivity contribution < 1.29 is 14.3 Å². The number of ether oxygens (including phenoxy) is 1. The normalized spacial score (nSPS) is 20.0. The lowest BCUT2D eigenvalue weighted by molar-refractivity contribution is -0.123. The molecule has 1 saturated heterocycles. The Labute approximate surface area is 148 Å². The minimum absolute atomic E-state index is 0.197. The Morgan fingerprint density at radius 1 is 1.36 bits per heavy atom. The van der Waals surface area contributed by atoms with Crippen LogP contribution < -0.4 is 15.5 Å². The summed E-state index contributed by atoms with van der Waals surface area (Å²) < 4.78 is 5.36. The number of amides is 1. The maximum absolute atomic E-state index is 12.8. The summed E-state index contributed by atoms with van der Waals surface area (Å²) in [7, 11) is 0. The van der Waals surface area contributed by atoms with Gasteiger partial charge in [-0.15, -0.1) is 0 Å². The quantitative estimate of drug-likeness (QED) is 0.599. The number of carbonyl (C=O) groups is 2. The average molecular weight is 346 g/mol. The number of hydrogen-bond donors (Lipinski definition) is 2. The lowest BCUT2D eigenvalue weighted by atomic mass is 9.95. The van der Waals surface area contributed by atoms with Gasteiger partial charge in [0.1, 0.15) is 17.4 Å². The van der Waals surface area contributed by atoms with Crippen LogP contribution in [0.4, 0.5) is 11.5 Å². The molecule has 1 atom stereocenters. The molecule has 0 aliphatic carbocycles. The fourth-order valence-electron chi connectivity index (χ4n) is 3.14. The Morgan fingerprint density at radius 3 is 2.92 bits per heavy atom. The van der Waals surface area contributed by atoms with Crippen molar-refractivity contribution in [1.29, 1.82) is 0 Å². The highest BCUT2D eigenvalue weighted by Crippen LogP contribution is 2.26. The number of hydrogen-bond acceptors (Lipinski definition) is 6. The second-order valence-corrected chi connectivity index (χ2v) is 6.46. The number of fused-ring (bicyclic) bond motifs is 1. The summed E-state index contributed by atoms with van der Waals surface area (Å²) in [5.41, 5.74) is 1.07. The molecule has 7 nitrogen and oxygen atoms in total. The van der Waals surface area contributed by atoms with Crippen molar-refractivity contribution in [3.63, 3.8) is 0 Å². The fraction of sp³-hybridized carbons (Fsp3) is 0.611. The van der Waals surface area contributed by atoms with Gasteiger partial charge in [-0.3, -0.25) is 9.59 Å². The van der Waals surface area contributed by atoms with E-state index in [9.17, 15) is 9.59 Å². The smallest absolute Gasteiger partial charge is 0.232 e. The van der Waals surface area contributed by atoms with Crippen LogP contribution in [0.15, 0.2) is 12.1 Å². The molecule has 3 heterocycles. The predicted molar refractivity (Wildman–Crippen MR) is 96.1 cm³/mol. The summed E-state index contributed by atoms with van der Waals surface area (Å²) in [5, 5.41) is 6.04. The molecule has 2 aliphatic rings. The summed E-state index contributed by atoms with van der Waals surface area (Å²) in [6.07, 6.45) is 3.11. The third-order valence-corrected chi connectivity index (χ3v) is 4.66. The molecule has 1 amide bonds. The number of Topliss-reactive ketones (excluding diaryl/α,β-unsaturated/α-hetero) is 1. The Balaban J connectivity index is 1.69. The Morgan fingerprint density at radius 2 is 2.16 bits per heavy atom. The molecule has 7 heteroatoms. The van der Waals surface area contributed by atoms with Gasteiger partial charge in [-0.25, -0.2) is 4.98 Å². The molecule has 136 valence electrons. The first-order valence-electron chi connectivity index (χ1n) is 9.10. The standard InChI is InChI=1S/C18H26N4O3/c1-2-3-4-7-19-18(24)13-12-20-14-5-6-15(21-16(14)17(13)23)22-8-10-25-11-9-22/h5-6,13,20H,2-4,7-12H2,1H3,(H,19,24). The summed E-state index contributed by atoms with van der Waals surface area (Å²) in [4.78, 5) is 31.8. The number of nitrogens with zero attached hydrogens (tertiary/aromatic N) is 2. The van der Waals surface area contributed by atoms with Crippen LogP contribution in [0.5, 0.6) is 0 Å². The molecule has 2 aliphatic heterocycles. The van der Waals surface area contributed by atoms with E-state index >= 15 is 0 Å². The monoisotopic (exact) mass is 346 g/mol. The van der Waals surface area contributed by atoms with E-state index in [-0.39, 0.29) is 11.7 Å². The average Bonchev–Trinajstić information content (AvgIpc) is 2.66. The topological polar surface area (TPSA) is 83.6 Å². The van der Waals surface area contributed by atoms with Crippen molar-refractivity contribution in [1.82, 2.24) is 10.3 Å². The first-order chi connectivity index (χ1) is 12.2. The maximum atomic E-state index is 12.8. The van der Waals surface area contributed by atoms with Crippen molar-refractivity contribution in [2.24, 2.45) is 5.92 Å². The zero-order valence-corrected chi connectivity index (χ0v) is 14.7. The second-order valence-electron chi connectivity index (χ2n) is 6.46. The molecule has 0 spiro atoms. The Hall–Kier alpha value is -2.15. The van der Waals surface area contributed by atoms with Crippen molar-refractivity contribution in [3.8, 4) is 0 Å². The highest BCUT2D eigenvalue weighted by molar-refractivity contribution is 6.13. The van der Waals surface area contributed by atoms with E-state index in [1.165, 1.54) is 0 Å². The van der Waals surface area contributed by atoms with Crippen LogP contribution in [0, 0.1) is 5.92 Å². The maximum Gasteiger partial charge on any atom is 0.232 e. The number of carbonyl (C=O) groups excluding carboxylic acids is 2. The molecule has 1 aromatic heterocycles. The Kier molecular flexibility index (Phi) is 5.86. The van der Waals surface area contributed by atoms with Crippen LogP contribution in [-0.2, 0) is 9.53 Å². The predicted octanol–water partition coefficient (Wildman–Crippen LogP) is 1.45. The molecule has 0 radical (unpaired) electrons. The zero-order valence-electron chi connectivity index (χ0n) is 14.7. The van der Waals surface area contributed by atoms with Crippen LogP contribution in [0.2, 0.25) is 0 Å². The largest absolute Gasteiger partial charge is 0.382 e. The minimum atomic E-state index is -0.707. The van der Waals surface area contributed by atoms with Gasteiger partial charge in [0.2, 0.25) is 5.91 Å². The molecular formula is C18H26N4O3. The molecular weight excluding hydrogens is 320 g/mol. The summed E-state index contributed by atoms with van der Waals surface area (Å²) in [5.74, 6) is -0.350. The SMILES string of the molecule is CCCCCNC(=O)C1CNc2ccc(N3CCOCC3)nc2C1=O. The number of anilines is 2. The highest BCUT2D eigenvalue weighted by Gasteiger charge is 2.34. The van der Waals surface area contributed by atoms with Crippen LogP contribution >= 0.6 is 0 Å². The van der Waals surface area contributed by atoms with Gasteiger partial charge in [-0.2, -0.15) is 0 Å². The molecule has 0 saturated carbocycles. The van der Waals surface area contributed by atoms with Gasteiger partial charge in [-0.05, 0) is 18.6 Å². The van der Waals surface area contributed by atoms with Gasteiger partial charge < -0.3 is 20.3 Å². The number of unbranched alkanes of at least 4 members (excludes halogenated alkanes) is 2. The van der Waals surface area contributed by atoms with Gasteiger partial charge >= 0.3 is 0 Å². The van der Waals surface area contributed by atoms with Crippen LogP contribution in [0.3, 0.4) is 0 Å². The summed E-state index contributed by atoms with van der Waals surface area (Å²) in [6.45, 7) is 5.89. The van der Waals surface area contributed by atoms with Gasteiger partial charge in [0.05, 0.1) is 18.9 Å². The Bertz CT molecular complexity index is 629. The van der Waals surface area contributed by atoms with E-state index in [4.69, 9.17) is 4.74 Å². The van der Waals surface area contributed by atoms with Crippen LogP contribution in [-0.4, -0.2) is 56.1 Å². The highest BCUT2D eigenvalue weighted by atomic mass is 16.5. The molecule has 25 heavy (non-hydrogen) atoms. The third kappa shape index (κ3) is 4.10. The van der Waals surface area contributed by atoms with Gasteiger partial charge in [-0.1, -0.05) is 19.8 Å². The lowest BCUT2D eigenvalue weighted by Gasteiger charge is -2.29. The summed E-state index contributed by atoms with van der Waals surface area (Å²) in [6, 6.07) is 3.79. The van der Waals surface area contributed by atoms with Crippen molar-refractivity contribution >= 4 is 23.2 Å². The molecule has 0 aromatic carbocycles. The zero-order chi connectivity index (χ0) is 17.6. The number of morpholine rings is 1. The fourth-order valence-corrected chi connectivity index (χ4v) is 3.14. The van der Waals surface area contributed by atoms with E-state index in [2.05, 4.69) is 27.4 Å². The van der Waals surface area contributed by atoms with Crippen LogP contribution in [0.25, 0.3) is 0 Å².